The van der Waals surface area contributed by atoms with Crippen LogP contribution in [-0.4, -0.2) is 32.7 Å². The van der Waals surface area contributed by atoms with E-state index in [0.29, 0.717) is 28.5 Å². The standard InChI is InChI=1S/C21H20N6O4/c1-12-5-4-6-15(9-12)25-20(28)18-13(2)24-21-22-11-23-26(21)19(18)14-7-8-17(31-3)16(10-14)27(29)30/h4-11,19H,1-3H3,(H,25,28)(H,22,23,24). The van der Waals surface area contributed by atoms with Crippen molar-refractivity contribution in [2.75, 3.05) is 17.7 Å². The molecular formula is C21H20N6O4. The minimum Gasteiger partial charge on any atom is -0.490 e. The largest absolute Gasteiger partial charge is 0.490 e. The third-order valence-corrected chi connectivity index (χ3v) is 5.03. The van der Waals surface area contributed by atoms with Gasteiger partial charge in [0, 0.05) is 17.5 Å². The van der Waals surface area contributed by atoms with E-state index in [1.807, 2.05) is 25.1 Å². The molecule has 0 bridgehead atoms. The Morgan fingerprint density at radius 1 is 1.26 bits per heavy atom. The van der Waals surface area contributed by atoms with Crippen LogP contribution in [0.25, 0.3) is 0 Å². The number of allylic oxidation sites excluding steroid dienone is 1. The minimum atomic E-state index is -0.715. The molecule has 10 nitrogen and oxygen atoms in total. The Morgan fingerprint density at radius 3 is 2.77 bits per heavy atom. The summed E-state index contributed by atoms with van der Waals surface area (Å²) >= 11 is 0. The van der Waals surface area contributed by atoms with Gasteiger partial charge in [0.25, 0.3) is 5.91 Å². The Balaban J connectivity index is 1.81. The van der Waals surface area contributed by atoms with E-state index in [0.717, 1.165) is 5.56 Å². The molecule has 1 aliphatic rings. The molecule has 2 N–H and O–H groups in total. The summed E-state index contributed by atoms with van der Waals surface area (Å²) in [5, 5.41) is 21.8. The first-order chi connectivity index (χ1) is 14.9. The number of nitrogens with one attached hydrogen (secondary N) is 2. The molecule has 0 radical (unpaired) electrons. The van der Waals surface area contributed by atoms with Crippen LogP contribution < -0.4 is 15.4 Å². The number of amides is 1. The lowest BCUT2D eigenvalue weighted by atomic mass is 9.94. The van der Waals surface area contributed by atoms with Crippen LogP contribution in [-0.2, 0) is 4.79 Å². The maximum atomic E-state index is 13.3. The van der Waals surface area contributed by atoms with Crippen LogP contribution in [0.1, 0.15) is 24.1 Å². The van der Waals surface area contributed by atoms with Crippen molar-refractivity contribution in [3.8, 4) is 5.75 Å². The number of fused-ring (bicyclic) bond motifs is 1. The summed E-state index contributed by atoms with van der Waals surface area (Å²) in [6.45, 7) is 3.69. The highest BCUT2D eigenvalue weighted by molar-refractivity contribution is 6.06. The monoisotopic (exact) mass is 420 g/mol. The second-order valence-electron chi connectivity index (χ2n) is 7.11. The Kier molecular flexibility index (Phi) is 5.12. The van der Waals surface area contributed by atoms with Crippen molar-refractivity contribution >= 4 is 23.2 Å². The number of aryl methyl sites for hydroxylation is 1. The number of ether oxygens (including phenoxy) is 1. The molecule has 10 heteroatoms. The van der Waals surface area contributed by atoms with Crippen molar-refractivity contribution < 1.29 is 14.5 Å². The highest BCUT2D eigenvalue weighted by Crippen LogP contribution is 2.38. The van der Waals surface area contributed by atoms with Gasteiger partial charge in [0.05, 0.1) is 17.6 Å². The average molecular weight is 420 g/mol. The lowest BCUT2D eigenvalue weighted by Crippen LogP contribution is -2.31. The predicted octanol–water partition coefficient (Wildman–Crippen LogP) is 3.43. The van der Waals surface area contributed by atoms with Gasteiger partial charge in [-0.1, -0.05) is 18.2 Å². The number of methoxy groups -OCH3 is 1. The summed E-state index contributed by atoms with van der Waals surface area (Å²) in [6, 6.07) is 11.3. The molecule has 0 aliphatic carbocycles. The number of aromatic nitrogens is 3. The molecule has 158 valence electrons. The molecule has 1 aliphatic heterocycles. The zero-order valence-electron chi connectivity index (χ0n) is 17.1. The highest BCUT2D eigenvalue weighted by atomic mass is 16.6. The van der Waals surface area contributed by atoms with E-state index in [4.69, 9.17) is 4.74 Å². The number of hydrogen-bond acceptors (Lipinski definition) is 7. The van der Waals surface area contributed by atoms with Crippen LogP contribution in [0.15, 0.2) is 60.1 Å². The van der Waals surface area contributed by atoms with Crippen molar-refractivity contribution in [2.45, 2.75) is 19.9 Å². The van der Waals surface area contributed by atoms with Crippen molar-refractivity contribution in [3.05, 3.63) is 81.3 Å². The number of nitro benzene ring substituents is 1. The fourth-order valence-electron chi connectivity index (χ4n) is 3.63. The molecule has 2 aromatic carbocycles. The van der Waals surface area contributed by atoms with Crippen molar-refractivity contribution in [2.24, 2.45) is 0 Å². The fraction of sp³-hybridized carbons (Fsp3) is 0.190. The Labute approximate surface area is 177 Å². The summed E-state index contributed by atoms with van der Waals surface area (Å²) in [4.78, 5) is 28.5. The molecule has 0 fully saturated rings. The van der Waals surface area contributed by atoms with Gasteiger partial charge in [0.1, 0.15) is 12.4 Å². The summed E-state index contributed by atoms with van der Waals surface area (Å²) in [7, 11) is 1.37. The van der Waals surface area contributed by atoms with Gasteiger partial charge in [-0.2, -0.15) is 10.1 Å². The van der Waals surface area contributed by atoms with E-state index in [1.165, 1.54) is 30.3 Å². The highest BCUT2D eigenvalue weighted by Gasteiger charge is 2.34. The minimum absolute atomic E-state index is 0.132. The third kappa shape index (κ3) is 3.70. The molecule has 31 heavy (non-hydrogen) atoms. The molecule has 3 aromatic rings. The van der Waals surface area contributed by atoms with Crippen LogP contribution >= 0.6 is 0 Å². The van der Waals surface area contributed by atoms with Gasteiger partial charge in [-0.25, -0.2) is 4.68 Å². The summed E-state index contributed by atoms with van der Waals surface area (Å²) < 4.78 is 6.64. The topological polar surface area (TPSA) is 124 Å². The summed E-state index contributed by atoms with van der Waals surface area (Å²) in [5.74, 6) is 0.223. The number of rotatable bonds is 5. The number of nitro groups is 1. The Hall–Kier alpha value is -4.21. The maximum Gasteiger partial charge on any atom is 0.311 e. The molecule has 0 saturated heterocycles. The van der Waals surface area contributed by atoms with Crippen LogP contribution in [0.3, 0.4) is 0 Å². The first-order valence-corrected chi connectivity index (χ1v) is 9.46. The first-order valence-electron chi connectivity index (χ1n) is 9.46. The lowest BCUT2D eigenvalue weighted by molar-refractivity contribution is -0.385. The van der Waals surface area contributed by atoms with E-state index in [9.17, 15) is 14.9 Å². The quantitative estimate of drug-likeness (QED) is 0.479. The van der Waals surface area contributed by atoms with E-state index >= 15 is 0 Å². The van der Waals surface area contributed by atoms with Gasteiger partial charge in [0.15, 0.2) is 5.75 Å². The Morgan fingerprint density at radius 2 is 2.06 bits per heavy atom. The van der Waals surface area contributed by atoms with Gasteiger partial charge in [-0.15, -0.1) is 0 Å². The molecule has 1 amide bonds. The Bertz CT molecular complexity index is 1220. The maximum absolute atomic E-state index is 13.3. The number of carbonyl (C=O) groups excluding carboxylic acids is 1. The molecule has 4 rings (SSSR count). The van der Waals surface area contributed by atoms with Crippen LogP contribution in [0, 0.1) is 17.0 Å². The second-order valence-corrected chi connectivity index (χ2v) is 7.11. The SMILES string of the molecule is COc1ccc(C2C(C(=O)Nc3cccc(C)c3)=C(C)Nc3ncnn32)cc1[N+](=O)[O-]. The van der Waals surface area contributed by atoms with Crippen molar-refractivity contribution in [3.63, 3.8) is 0 Å². The first kappa shape index (κ1) is 20.1. The number of anilines is 2. The zero-order valence-corrected chi connectivity index (χ0v) is 17.1. The van der Waals surface area contributed by atoms with Crippen molar-refractivity contribution in [1.29, 1.82) is 0 Å². The number of hydrogen-bond donors (Lipinski definition) is 2. The average Bonchev–Trinajstić information content (AvgIpc) is 3.20. The number of nitrogens with zero attached hydrogens (tertiary/aromatic N) is 4. The second kappa shape index (κ2) is 7.90. The van der Waals surface area contributed by atoms with Gasteiger partial charge in [-0.3, -0.25) is 14.9 Å². The van der Waals surface area contributed by atoms with Gasteiger partial charge in [-0.05, 0) is 43.2 Å². The van der Waals surface area contributed by atoms with E-state index in [1.54, 1.807) is 19.1 Å². The van der Waals surface area contributed by atoms with E-state index in [-0.39, 0.29) is 17.3 Å². The molecule has 2 heterocycles. The van der Waals surface area contributed by atoms with Crippen LogP contribution in [0.2, 0.25) is 0 Å². The fourth-order valence-corrected chi connectivity index (χ4v) is 3.63. The van der Waals surface area contributed by atoms with Crippen LogP contribution in [0.4, 0.5) is 17.3 Å². The molecule has 1 aromatic heterocycles. The number of carbonyl (C=O) groups is 1. The van der Waals surface area contributed by atoms with Crippen LogP contribution in [0.5, 0.6) is 5.75 Å². The van der Waals surface area contributed by atoms with Gasteiger partial charge < -0.3 is 15.4 Å². The summed E-state index contributed by atoms with van der Waals surface area (Å²) in [6.07, 6.45) is 1.36. The molecule has 0 spiro atoms. The molecule has 1 unspecified atom stereocenters. The van der Waals surface area contributed by atoms with E-state index < -0.39 is 11.0 Å². The van der Waals surface area contributed by atoms with Gasteiger partial charge >= 0.3 is 5.69 Å². The molecule has 1 atom stereocenters. The van der Waals surface area contributed by atoms with E-state index in [2.05, 4.69) is 20.7 Å². The smallest absolute Gasteiger partial charge is 0.311 e. The summed E-state index contributed by atoms with van der Waals surface area (Å²) in [5.41, 5.74) is 2.92. The third-order valence-electron chi connectivity index (χ3n) is 5.03. The van der Waals surface area contributed by atoms with Crippen molar-refractivity contribution in [1.82, 2.24) is 14.8 Å². The van der Waals surface area contributed by atoms with Gasteiger partial charge in [0.2, 0.25) is 5.95 Å². The predicted molar refractivity (Wildman–Crippen MR) is 114 cm³/mol. The normalized spacial score (nSPS) is 15.1. The molecular weight excluding hydrogens is 400 g/mol. The molecule has 0 saturated carbocycles. The zero-order chi connectivity index (χ0) is 22.1. The lowest BCUT2D eigenvalue weighted by Gasteiger charge is -2.28. The number of benzene rings is 2.